The molecule has 0 bridgehead atoms. The smallest absolute Gasteiger partial charge is 0.241 e. The van der Waals surface area contributed by atoms with E-state index in [1.54, 1.807) is 18.2 Å². The van der Waals surface area contributed by atoms with Gasteiger partial charge in [0.15, 0.2) is 0 Å². The molecule has 0 aliphatic carbocycles. The Morgan fingerprint density at radius 2 is 2.00 bits per heavy atom. The number of halogens is 1. The lowest BCUT2D eigenvalue weighted by Gasteiger charge is -2.32. The van der Waals surface area contributed by atoms with E-state index >= 15 is 0 Å². The molecule has 1 aromatic rings. The number of nitrogens with zero attached hydrogens (tertiary/aromatic N) is 2. The molecule has 1 aliphatic heterocycles. The maximum atomic E-state index is 13.4. The Labute approximate surface area is 88.1 Å². The second kappa shape index (κ2) is 3.98. The van der Waals surface area contributed by atoms with Gasteiger partial charge in [0.05, 0.1) is 12.2 Å². The summed E-state index contributed by atoms with van der Waals surface area (Å²) in [5, 5.41) is 0. The summed E-state index contributed by atoms with van der Waals surface area (Å²) in [6.45, 7) is 1.69. The van der Waals surface area contributed by atoms with Crippen LogP contribution in [0.25, 0.3) is 0 Å². The van der Waals surface area contributed by atoms with Crippen LogP contribution in [0.15, 0.2) is 24.3 Å². The van der Waals surface area contributed by atoms with Crippen molar-refractivity contribution in [2.45, 2.75) is 0 Å². The highest BCUT2D eigenvalue weighted by Crippen LogP contribution is 2.20. The predicted molar refractivity (Wildman–Crippen MR) is 56.3 cm³/mol. The van der Waals surface area contributed by atoms with E-state index in [2.05, 4.69) is 0 Å². The number of amides is 1. The van der Waals surface area contributed by atoms with Crippen molar-refractivity contribution in [3.63, 3.8) is 0 Å². The molecular formula is C11H13FN2O. The van der Waals surface area contributed by atoms with Gasteiger partial charge in [-0.2, -0.15) is 0 Å². The van der Waals surface area contributed by atoms with Crippen LogP contribution in [0.1, 0.15) is 0 Å². The van der Waals surface area contributed by atoms with Crippen LogP contribution in [0, 0.1) is 5.82 Å². The number of carbonyl (C=O) groups excluding carboxylic acids is 1. The molecule has 80 valence electrons. The summed E-state index contributed by atoms with van der Waals surface area (Å²) in [4.78, 5) is 15.1. The summed E-state index contributed by atoms with van der Waals surface area (Å²) in [7, 11) is 1.89. The van der Waals surface area contributed by atoms with E-state index in [1.165, 1.54) is 11.0 Å². The second-order valence-electron chi connectivity index (χ2n) is 3.73. The number of hydrogen-bond acceptors (Lipinski definition) is 2. The molecule has 3 nitrogen and oxygen atoms in total. The molecule has 0 atom stereocenters. The SMILES string of the molecule is CN1CCN(c2ccccc2F)C(=O)C1. The molecule has 1 aliphatic rings. The summed E-state index contributed by atoms with van der Waals surface area (Å²) in [5.74, 6) is -0.385. The Balaban J connectivity index is 2.24. The summed E-state index contributed by atoms with van der Waals surface area (Å²) >= 11 is 0. The molecule has 1 fully saturated rings. The van der Waals surface area contributed by atoms with E-state index in [1.807, 2.05) is 11.9 Å². The Hall–Kier alpha value is -1.42. The van der Waals surface area contributed by atoms with Crippen LogP contribution in [0.3, 0.4) is 0 Å². The molecule has 1 heterocycles. The van der Waals surface area contributed by atoms with Gasteiger partial charge in [0.25, 0.3) is 0 Å². The highest BCUT2D eigenvalue weighted by atomic mass is 19.1. The van der Waals surface area contributed by atoms with Gasteiger partial charge in [0.1, 0.15) is 5.82 Å². The van der Waals surface area contributed by atoms with Crippen LogP contribution in [0.5, 0.6) is 0 Å². The second-order valence-corrected chi connectivity index (χ2v) is 3.73. The molecule has 1 aromatic carbocycles. The molecule has 1 amide bonds. The van der Waals surface area contributed by atoms with Crippen LogP contribution in [0.4, 0.5) is 10.1 Å². The number of likely N-dealkylation sites (N-methyl/N-ethyl adjacent to an activating group) is 1. The van der Waals surface area contributed by atoms with Crippen molar-refractivity contribution in [3.05, 3.63) is 30.1 Å². The van der Waals surface area contributed by atoms with Gasteiger partial charge in [-0.05, 0) is 19.2 Å². The lowest BCUT2D eigenvalue weighted by Crippen LogP contribution is -2.49. The third kappa shape index (κ3) is 1.99. The van der Waals surface area contributed by atoms with Crippen molar-refractivity contribution < 1.29 is 9.18 Å². The van der Waals surface area contributed by atoms with Crippen molar-refractivity contribution in [1.82, 2.24) is 4.90 Å². The monoisotopic (exact) mass is 208 g/mol. The molecule has 0 spiro atoms. The number of carbonyl (C=O) groups is 1. The molecule has 0 unspecified atom stereocenters. The normalized spacial score (nSPS) is 18.3. The van der Waals surface area contributed by atoms with Crippen LogP contribution < -0.4 is 4.90 Å². The average molecular weight is 208 g/mol. The number of piperazine rings is 1. The first kappa shape index (κ1) is 10.1. The summed E-state index contributed by atoms with van der Waals surface area (Å²) in [6, 6.07) is 6.38. The van der Waals surface area contributed by atoms with Crippen LogP contribution in [-0.4, -0.2) is 37.5 Å². The lowest BCUT2D eigenvalue weighted by molar-refractivity contribution is -0.120. The minimum absolute atomic E-state index is 0.0474. The van der Waals surface area contributed by atoms with Gasteiger partial charge in [-0.25, -0.2) is 4.39 Å². The molecule has 0 radical (unpaired) electrons. The van der Waals surface area contributed by atoms with Gasteiger partial charge in [-0.1, -0.05) is 12.1 Å². The van der Waals surface area contributed by atoms with Crippen LogP contribution in [-0.2, 0) is 4.79 Å². The largest absolute Gasteiger partial charge is 0.307 e. The molecule has 15 heavy (non-hydrogen) atoms. The Kier molecular flexibility index (Phi) is 2.68. The number of benzene rings is 1. The van der Waals surface area contributed by atoms with Crippen molar-refractivity contribution >= 4 is 11.6 Å². The average Bonchev–Trinajstić information content (AvgIpc) is 2.20. The molecule has 4 heteroatoms. The maximum absolute atomic E-state index is 13.4. The standard InChI is InChI=1S/C11H13FN2O/c1-13-6-7-14(11(15)8-13)10-5-3-2-4-9(10)12/h2-5H,6-8H2,1H3. The highest BCUT2D eigenvalue weighted by molar-refractivity contribution is 5.95. The van der Waals surface area contributed by atoms with Gasteiger partial charge in [-0.3, -0.25) is 9.69 Å². The van der Waals surface area contributed by atoms with Crippen molar-refractivity contribution in [2.75, 3.05) is 31.6 Å². The Morgan fingerprint density at radius 3 is 2.67 bits per heavy atom. The highest BCUT2D eigenvalue weighted by Gasteiger charge is 2.24. The van der Waals surface area contributed by atoms with E-state index in [9.17, 15) is 9.18 Å². The molecule has 0 N–H and O–H groups in total. The van der Waals surface area contributed by atoms with E-state index in [0.29, 0.717) is 18.8 Å². The number of hydrogen-bond donors (Lipinski definition) is 0. The zero-order valence-electron chi connectivity index (χ0n) is 8.61. The third-order valence-corrected chi connectivity index (χ3v) is 2.55. The quantitative estimate of drug-likeness (QED) is 0.690. The van der Waals surface area contributed by atoms with E-state index in [-0.39, 0.29) is 11.7 Å². The van der Waals surface area contributed by atoms with Crippen molar-refractivity contribution in [1.29, 1.82) is 0 Å². The van der Waals surface area contributed by atoms with Crippen molar-refractivity contribution in [2.24, 2.45) is 0 Å². The third-order valence-electron chi connectivity index (χ3n) is 2.55. The number of anilines is 1. The summed E-state index contributed by atoms with van der Waals surface area (Å²) < 4.78 is 13.4. The van der Waals surface area contributed by atoms with Gasteiger partial charge in [0, 0.05) is 13.1 Å². The summed E-state index contributed by atoms with van der Waals surface area (Å²) in [6.07, 6.45) is 0. The first-order chi connectivity index (χ1) is 7.18. The fraction of sp³-hybridized carbons (Fsp3) is 0.364. The fourth-order valence-electron chi connectivity index (χ4n) is 1.72. The minimum atomic E-state index is -0.338. The molecular weight excluding hydrogens is 195 g/mol. The predicted octanol–water partition coefficient (Wildman–Crippen LogP) is 1.10. The minimum Gasteiger partial charge on any atom is -0.307 e. The van der Waals surface area contributed by atoms with E-state index in [0.717, 1.165) is 6.54 Å². The van der Waals surface area contributed by atoms with Gasteiger partial charge >= 0.3 is 0 Å². The zero-order chi connectivity index (χ0) is 10.8. The van der Waals surface area contributed by atoms with Crippen LogP contribution in [0.2, 0.25) is 0 Å². The van der Waals surface area contributed by atoms with Crippen LogP contribution >= 0.6 is 0 Å². The molecule has 0 aromatic heterocycles. The fourth-order valence-corrected chi connectivity index (χ4v) is 1.72. The number of para-hydroxylation sites is 1. The first-order valence-electron chi connectivity index (χ1n) is 4.92. The lowest BCUT2D eigenvalue weighted by atomic mass is 10.2. The van der Waals surface area contributed by atoms with Gasteiger partial charge < -0.3 is 4.90 Å². The number of rotatable bonds is 1. The van der Waals surface area contributed by atoms with E-state index < -0.39 is 0 Å². The van der Waals surface area contributed by atoms with Gasteiger partial charge in [-0.15, -0.1) is 0 Å². The Morgan fingerprint density at radius 1 is 1.27 bits per heavy atom. The summed E-state index contributed by atoms with van der Waals surface area (Å²) in [5.41, 5.74) is 0.385. The maximum Gasteiger partial charge on any atom is 0.241 e. The molecule has 0 saturated carbocycles. The topological polar surface area (TPSA) is 23.6 Å². The van der Waals surface area contributed by atoms with E-state index in [4.69, 9.17) is 0 Å². The molecule has 1 saturated heterocycles. The molecule has 2 rings (SSSR count). The zero-order valence-corrected chi connectivity index (χ0v) is 8.61. The van der Waals surface area contributed by atoms with Gasteiger partial charge in [0.2, 0.25) is 5.91 Å². The first-order valence-corrected chi connectivity index (χ1v) is 4.92. The van der Waals surface area contributed by atoms with Crippen molar-refractivity contribution in [3.8, 4) is 0 Å². The Bertz CT molecular complexity index is 381.